The SMILES string of the molecule is Cn1cc(-c2ccc3cnc(N=C(N)C4CCN(CC5(C)COC5)CC4)cc3c2)cn1. The van der Waals surface area contributed by atoms with Crippen molar-refractivity contribution in [2.24, 2.45) is 29.1 Å². The van der Waals surface area contributed by atoms with Gasteiger partial charge in [-0.1, -0.05) is 19.1 Å². The normalized spacial score (nSPS) is 20.1. The molecule has 3 aromatic rings. The summed E-state index contributed by atoms with van der Waals surface area (Å²) in [6.45, 7) is 7.32. The number of nitrogens with two attached hydrogens (primary N) is 1. The number of amidine groups is 1. The number of aryl methyl sites for hydroxylation is 1. The van der Waals surface area contributed by atoms with Gasteiger partial charge < -0.3 is 15.4 Å². The number of aliphatic imine (C=N–C) groups is 1. The highest BCUT2D eigenvalue weighted by molar-refractivity contribution is 5.90. The number of piperidine rings is 1. The number of hydrogen-bond donors (Lipinski definition) is 1. The number of benzene rings is 1. The van der Waals surface area contributed by atoms with E-state index in [1.165, 1.54) is 0 Å². The molecule has 0 spiro atoms. The van der Waals surface area contributed by atoms with Gasteiger partial charge in [0.15, 0.2) is 5.82 Å². The number of likely N-dealkylation sites (tertiary alicyclic amines) is 1. The van der Waals surface area contributed by atoms with Crippen molar-refractivity contribution >= 4 is 22.4 Å². The Morgan fingerprint density at radius 2 is 1.97 bits per heavy atom. The lowest BCUT2D eigenvalue weighted by atomic mass is 9.86. The van der Waals surface area contributed by atoms with Crippen LogP contribution in [0.5, 0.6) is 0 Å². The van der Waals surface area contributed by atoms with Crippen LogP contribution in [0.25, 0.3) is 21.9 Å². The van der Waals surface area contributed by atoms with E-state index in [0.717, 1.165) is 67.6 Å². The number of hydrogen-bond acceptors (Lipinski definition) is 5. The van der Waals surface area contributed by atoms with E-state index >= 15 is 0 Å². The van der Waals surface area contributed by atoms with E-state index in [-0.39, 0.29) is 0 Å². The molecule has 1 aromatic carbocycles. The Hall–Kier alpha value is -2.77. The molecule has 2 aliphatic rings. The first-order chi connectivity index (χ1) is 15.0. The number of rotatable bonds is 5. The van der Waals surface area contributed by atoms with Crippen LogP contribution in [-0.2, 0) is 11.8 Å². The fourth-order valence-corrected chi connectivity index (χ4v) is 4.63. The van der Waals surface area contributed by atoms with Crippen LogP contribution in [0.2, 0.25) is 0 Å². The average molecular weight is 419 g/mol. The van der Waals surface area contributed by atoms with Crippen molar-refractivity contribution in [2.75, 3.05) is 32.8 Å². The van der Waals surface area contributed by atoms with Gasteiger partial charge in [0.25, 0.3) is 0 Å². The topological polar surface area (TPSA) is 81.6 Å². The van der Waals surface area contributed by atoms with E-state index in [0.29, 0.717) is 23.0 Å². The fourth-order valence-electron chi connectivity index (χ4n) is 4.63. The van der Waals surface area contributed by atoms with Crippen LogP contribution >= 0.6 is 0 Å². The van der Waals surface area contributed by atoms with Crippen molar-refractivity contribution in [1.82, 2.24) is 19.7 Å². The molecule has 0 amide bonds. The van der Waals surface area contributed by atoms with E-state index in [9.17, 15) is 0 Å². The summed E-state index contributed by atoms with van der Waals surface area (Å²) >= 11 is 0. The summed E-state index contributed by atoms with van der Waals surface area (Å²) in [5.41, 5.74) is 8.98. The van der Waals surface area contributed by atoms with Crippen LogP contribution in [0.4, 0.5) is 5.82 Å². The summed E-state index contributed by atoms with van der Waals surface area (Å²) in [7, 11) is 1.93. The average Bonchev–Trinajstić information content (AvgIpc) is 3.19. The summed E-state index contributed by atoms with van der Waals surface area (Å²) in [5, 5.41) is 6.47. The van der Waals surface area contributed by atoms with Gasteiger partial charge in [-0.2, -0.15) is 5.10 Å². The third-order valence-corrected chi connectivity index (χ3v) is 6.50. The minimum Gasteiger partial charge on any atom is -0.387 e. The molecule has 2 N–H and O–H groups in total. The van der Waals surface area contributed by atoms with Gasteiger partial charge in [0.2, 0.25) is 0 Å². The van der Waals surface area contributed by atoms with Gasteiger partial charge in [-0.25, -0.2) is 9.98 Å². The zero-order valence-electron chi connectivity index (χ0n) is 18.3. The molecule has 0 unspecified atom stereocenters. The molecule has 5 rings (SSSR count). The van der Waals surface area contributed by atoms with Gasteiger partial charge in [0.05, 0.1) is 19.4 Å². The van der Waals surface area contributed by atoms with Crippen LogP contribution in [-0.4, -0.2) is 58.3 Å². The van der Waals surface area contributed by atoms with Crippen LogP contribution in [0.1, 0.15) is 19.8 Å². The largest absolute Gasteiger partial charge is 0.387 e. The van der Waals surface area contributed by atoms with Gasteiger partial charge in [-0.3, -0.25) is 4.68 Å². The molecule has 162 valence electrons. The molecule has 2 aromatic heterocycles. The van der Waals surface area contributed by atoms with Crippen molar-refractivity contribution in [3.63, 3.8) is 0 Å². The third kappa shape index (κ3) is 4.34. The number of ether oxygens (including phenoxy) is 1. The predicted octanol–water partition coefficient (Wildman–Crippen LogP) is 3.37. The highest BCUT2D eigenvalue weighted by Crippen LogP contribution is 2.30. The molecule has 7 nitrogen and oxygen atoms in total. The van der Waals surface area contributed by atoms with Crippen molar-refractivity contribution < 1.29 is 4.74 Å². The maximum absolute atomic E-state index is 6.42. The number of nitrogens with zero attached hydrogens (tertiary/aromatic N) is 5. The maximum Gasteiger partial charge on any atom is 0.154 e. The molecule has 2 aliphatic heterocycles. The molecule has 2 fully saturated rings. The van der Waals surface area contributed by atoms with Crippen molar-refractivity contribution in [2.45, 2.75) is 19.8 Å². The minimum absolute atomic E-state index is 0.320. The highest BCUT2D eigenvalue weighted by Gasteiger charge is 2.36. The van der Waals surface area contributed by atoms with Gasteiger partial charge >= 0.3 is 0 Å². The standard InChI is InChI=1S/C24H30N6O/c1-24(15-31-16-24)14-30-7-5-17(6-8-30)23(25)28-22-10-20-9-18(3-4-19(20)11-26-22)21-12-27-29(2)13-21/h3-4,9-13,17H,5-8,14-16H2,1-2H3,(H2,25,26,28). The van der Waals surface area contributed by atoms with E-state index < -0.39 is 0 Å². The third-order valence-electron chi connectivity index (χ3n) is 6.50. The molecule has 2 saturated heterocycles. The van der Waals surface area contributed by atoms with Gasteiger partial charge in [-0.05, 0) is 49.0 Å². The number of pyridine rings is 1. The molecule has 4 heterocycles. The second-order valence-corrected chi connectivity index (χ2v) is 9.40. The molecule has 0 bridgehead atoms. The second-order valence-electron chi connectivity index (χ2n) is 9.40. The highest BCUT2D eigenvalue weighted by atomic mass is 16.5. The first-order valence-electron chi connectivity index (χ1n) is 11.0. The van der Waals surface area contributed by atoms with Crippen LogP contribution in [0.15, 0.2) is 47.8 Å². The Kier molecular flexibility index (Phi) is 5.24. The summed E-state index contributed by atoms with van der Waals surface area (Å²) in [6.07, 6.45) is 7.86. The van der Waals surface area contributed by atoms with Crippen LogP contribution in [0, 0.1) is 11.3 Å². The molecule has 0 saturated carbocycles. The Balaban J connectivity index is 1.28. The Morgan fingerprint density at radius 3 is 2.65 bits per heavy atom. The molecule has 0 aliphatic carbocycles. The molecule has 0 atom stereocenters. The number of fused-ring (bicyclic) bond motifs is 1. The zero-order valence-corrected chi connectivity index (χ0v) is 18.3. The zero-order chi connectivity index (χ0) is 21.4. The maximum atomic E-state index is 6.42. The lowest BCUT2D eigenvalue weighted by Gasteiger charge is -2.43. The first-order valence-corrected chi connectivity index (χ1v) is 11.0. The van der Waals surface area contributed by atoms with Crippen molar-refractivity contribution in [3.05, 3.63) is 42.9 Å². The van der Waals surface area contributed by atoms with Crippen LogP contribution in [0.3, 0.4) is 0 Å². The fraction of sp³-hybridized carbons (Fsp3) is 0.458. The Morgan fingerprint density at radius 1 is 1.16 bits per heavy atom. The van der Waals surface area contributed by atoms with Gasteiger partial charge in [0, 0.05) is 48.3 Å². The van der Waals surface area contributed by atoms with E-state index in [1.807, 2.05) is 36.4 Å². The minimum atomic E-state index is 0.320. The monoisotopic (exact) mass is 418 g/mol. The first kappa shape index (κ1) is 20.2. The lowest BCUT2D eigenvalue weighted by molar-refractivity contribution is -0.116. The van der Waals surface area contributed by atoms with Gasteiger partial charge in [-0.15, -0.1) is 0 Å². The Labute approximate surface area is 182 Å². The lowest BCUT2D eigenvalue weighted by Crippen LogP contribution is -2.51. The van der Waals surface area contributed by atoms with Crippen LogP contribution < -0.4 is 5.73 Å². The van der Waals surface area contributed by atoms with Gasteiger partial charge in [0.1, 0.15) is 5.84 Å². The molecular formula is C24H30N6O. The summed E-state index contributed by atoms with van der Waals surface area (Å²) in [4.78, 5) is 11.8. The Bertz CT molecular complexity index is 1110. The molecule has 31 heavy (non-hydrogen) atoms. The second kappa shape index (κ2) is 8.05. The summed E-state index contributed by atoms with van der Waals surface area (Å²) in [5.74, 6) is 1.70. The predicted molar refractivity (Wildman–Crippen MR) is 123 cm³/mol. The van der Waals surface area contributed by atoms with E-state index in [4.69, 9.17) is 15.5 Å². The summed E-state index contributed by atoms with van der Waals surface area (Å²) < 4.78 is 7.21. The summed E-state index contributed by atoms with van der Waals surface area (Å²) in [6, 6.07) is 8.37. The van der Waals surface area contributed by atoms with E-state index in [1.54, 1.807) is 0 Å². The smallest absolute Gasteiger partial charge is 0.154 e. The van der Waals surface area contributed by atoms with Crippen molar-refractivity contribution in [1.29, 1.82) is 0 Å². The molecule has 0 radical (unpaired) electrons. The number of aromatic nitrogens is 3. The molecular weight excluding hydrogens is 388 g/mol. The quantitative estimate of drug-likeness (QED) is 0.507. The van der Waals surface area contributed by atoms with Crippen molar-refractivity contribution in [3.8, 4) is 11.1 Å². The molecule has 7 heteroatoms. The van der Waals surface area contributed by atoms with E-state index in [2.05, 4.69) is 40.1 Å².